The van der Waals surface area contributed by atoms with Gasteiger partial charge in [-0.3, -0.25) is 4.79 Å². The quantitative estimate of drug-likeness (QED) is 0.0392. The highest BCUT2D eigenvalue weighted by Crippen LogP contribution is 2.33. The number of unbranched alkanes of at least 4 members (excludes halogenated alkanes) is 24. The van der Waals surface area contributed by atoms with Crippen LogP contribution in [0.1, 0.15) is 194 Å². The molecular weight excluding hydrogens is 927 g/mol. The van der Waals surface area contributed by atoms with Crippen LogP contribution in [-0.4, -0.2) is 193 Å². The zero-order valence-corrected chi connectivity index (χ0v) is 43.2. The lowest BCUT2D eigenvalue weighted by Crippen LogP contribution is -2.66. The van der Waals surface area contributed by atoms with Crippen LogP contribution in [-0.2, 0) is 33.2 Å². The van der Waals surface area contributed by atoms with Crippen molar-refractivity contribution in [3.8, 4) is 0 Å². The molecule has 3 fully saturated rings. The topological polar surface area (TPSA) is 307 Å². The lowest BCUT2D eigenvalue weighted by Gasteiger charge is -2.48. The van der Waals surface area contributed by atoms with Crippen molar-refractivity contribution in [2.24, 2.45) is 0 Å². The molecule has 1 amide bonds. The van der Waals surface area contributed by atoms with Crippen LogP contribution in [0.15, 0.2) is 0 Å². The molecule has 0 bridgehead atoms. The summed E-state index contributed by atoms with van der Waals surface area (Å²) >= 11 is 0. The summed E-state index contributed by atoms with van der Waals surface area (Å²) in [5.41, 5.74) is 0. The van der Waals surface area contributed by atoms with Crippen molar-refractivity contribution in [2.75, 3.05) is 26.4 Å². The third kappa shape index (κ3) is 22.9. The molecule has 3 heterocycles. The van der Waals surface area contributed by atoms with Crippen molar-refractivity contribution in [1.82, 2.24) is 5.32 Å². The first-order valence-corrected chi connectivity index (χ1v) is 27.8. The summed E-state index contributed by atoms with van der Waals surface area (Å²) in [7, 11) is 0. The summed E-state index contributed by atoms with van der Waals surface area (Å²) in [6.45, 7) is 1.74. The Morgan fingerprint density at radius 3 is 1.23 bits per heavy atom. The van der Waals surface area contributed by atoms with Gasteiger partial charge in [-0.2, -0.15) is 0 Å². The highest BCUT2D eigenvalue weighted by molar-refractivity contribution is 5.76. The molecule has 3 aliphatic rings. The van der Waals surface area contributed by atoms with E-state index in [1.54, 1.807) is 0 Å². The third-order valence-electron chi connectivity index (χ3n) is 14.4. The lowest BCUT2D eigenvalue weighted by molar-refractivity contribution is -0.379. The van der Waals surface area contributed by atoms with Crippen LogP contribution in [0.4, 0.5) is 0 Å². The molecule has 420 valence electrons. The van der Waals surface area contributed by atoms with Gasteiger partial charge >= 0.3 is 0 Å². The van der Waals surface area contributed by atoms with Gasteiger partial charge in [0.1, 0.15) is 73.2 Å². The van der Waals surface area contributed by atoms with Crippen LogP contribution < -0.4 is 5.32 Å². The maximum Gasteiger partial charge on any atom is 0.220 e. The van der Waals surface area contributed by atoms with E-state index < -0.39 is 124 Å². The second kappa shape index (κ2) is 37.5. The van der Waals surface area contributed by atoms with Gasteiger partial charge in [0.2, 0.25) is 5.91 Å². The van der Waals surface area contributed by atoms with Crippen LogP contribution in [0.2, 0.25) is 0 Å². The highest BCUT2D eigenvalue weighted by Gasteiger charge is 2.53. The van der Waals surface area contributed by atoms with Gasteiger partial charge in [-0.05, 0) is 12.8 Å². The Kier molecular flexibility index (Phi) is 33.9. The summed E-state index contributed by atoms with van der Waals surface area (Å²) < 4.78 is 34.2. The van der Waals surface area contributed by atoms with E-state index in [1.165, 1.54) is 116 Å². The minimum atomic E-state index is -1.97. The van der Waals surface area contributed by atoms with Crippen molar-refractivity contribution in [1.29, 1.82) is 0 Å². The van der Waals surface area contributed by atoms with Crippen LogP contribution in [0.25, 0.3) is 0 Å². The van der Waals surface area contributed by atoms with Crippen molar-refractivity contribution in [2.45, 2.75) is 298 Å². The molecule has 19 nitrogen and oxygen atoms in total. The van der Waals surface area contributed by atoms with Gasteiger partial charge in [0, 0.05) is 6.42 Å². The fourth-order valence-corrected chi connectivity index (χ4v) is 9.78. The number of carbonyl (C=O) groups excluding carboxylic acids is 1. The van der Waals surface area contributed by atoms with Crippen molar-refractivity contribution >= 4 is 5.91 Å². The average molecular weight is 1030 g/mol. The van der Waals surface area contributed by atoms with Gasteiger partial charge in [-0.15, -0.1) is 0 Å². The predicted octanol–water partition coefficient (Wildman–Crippen LogP) is 3.26. The van der Waals surface area contributed by atoms with Crippen LogP contribution in [0.5, 0.6) is 0 Å². The Morgan fingerprint density at radius 1 is 0.451 bits per heavy atom. The minimum absolute atomic E-state index is 0.243. The average Bonchev–Trinajstić information content (AvgIpc) is 3.36. The van der Waals surface area contributed by atoms with Gasteiger partial charge < -0.3 is 89.9 Å². The number of hydrogen-bond acceptors (Lipinski definition) is 18. The molecule has 19 heteroatoms. The second-order valence-corrected chi connectivity index (χ2v) is 20.4. The Bertz CT molecular complexity index is 1320. The van der Waals surface area contributed by atoms with E-state index in [0.717, 1.165) is 44.9 Å². The molecular formula is C52H99NO18. The number of carbonyl (C=O) groups is 1. The molecule has 12 N–H and O–H groups in total. The first kappa shape index (κ1) is 64.1. The second-order valence-electron chi connectivity index (χ2n) is 20.4. The Balaban J connectivity index is 1.48. The summed E-state index contributed by atoms with van der Waals surface area (Å²) in [5.74, 6) is -0.243. The summed E-state index contributed by atoms with van der Waals surface area (Å²) in [4.78, 5) is 13.2. The zero-order valence-electron chi connectivity index (χ0n) is 43.2. The fourth-order valence-electron chi connectivity index (χ4n) is 9.78. The molecule has 0 aromatic heterocycles. The highest BCUT2D eigenvalue weighted by atomic mass is 16.8. The maximum absolute atomic E-state index is 13.2. The Labute approximate surface area is 423 Å². The number of aliphatic hydroxyl groups excluding tert-OH is 11. The number of ether oxygens (including phenoxy) is 6. The predicted molar refractivity (Wildman–Crippen MR) is 264 cm³/mol. The molecule has 71 heavy (non-hydrogen) atoms. The van der Waals surface area contributed by atoms with Crippen molar-refractivity contribution in [3.05, 3.63) is 0 Å². The molecule has 3 saturated heterocycles. The molecule has 3 aliphatic heterocycles. The van der Waals surface area contributed by atoms with E-state index in [4.69, 9.17) is 28.4 Å². The fraction of sp³-hybridized carbons (Fsp3) is 0.981. The molecule has 0 aromatic carbocycles. The van der Waals surface area contributed by atoms with E-state index in [0.29, 0.717) is 12.8 Å². The number of amides is 1. The third-order valence-corrected chi connectivity index (χ3v) is 14.4. The summed E-state index contributed by atoms with van der Waals surface area (Å²) in [6.07, 6.45) is 5.12. The smallest absolute Gasteiger partial charge is 0.220 e. The molecule has 17 unspecified atom stereocenters. The van der Waals surface area contributed by atoms with Gasteiger partial charge in [-0.1, -0.05) is 174 Å². The SMILES string of the molecule is CCCCCCCCCCCCCCCCCCCCC(=O)NC(COC1OC(CO)C(OC2OC(CO)C(OC3OC(CO)C(O)C(O)C3O)C(O)C2O)C(O)C1O)C(O)CCCCCCCCCC. The van der Waals surface area contributed by atoms with E-state index in [2.05, 4.69) is 19.2 Å². The molecule has 0 aliphatic carbocycles. The van der Waals surface area contributed by atoms with Crippen molar-refractivity contribution in [3.63, 3.8) is 0 Å². The van der Waals surface area contributed by atoms with E-state index in [-0.39, 0.29) is 18.9 Å². The molecule has 0 aromatic rings. The molecule has 0 saturated carbocycles. The maximum atomic E-state index is 13.2. The number of hydrogen-bond donors (Lipinski definition) is 12. The summed E-state index contributed by atoms with van der Waals surface area (Å²) in [5, 5.41) is 120. The van der Waals surface area contributed by atoms with E-state index >= 15 is 0 Å². The Hall–Kier alpha value is -1.21. The minimum Gasteiger partial charge on any atom is -0.394 e. The number of rotatable bonds is 40. The monoisotopic (exact) mass is 1030 g/mol. The normalized spacial score (nSPS) is 32.2. The van der Waals surface area contributed by atoms with Gasteiger partial charge in [-0.25, -0.2) is 0 Å². The van der Waals surface area contributed by atoms with Gasteiger partial charge in [0.05, 0.1) is 38.6 Å². The molecule has 0 radical (unpaired) electrons. The lowest BCUT2D eigenvalue weighted by atomic mass is 9.96. The van der Waals surface area contributed by atoms with E-state index in [9.17, 15) is 61.0 Å². The summed E-state index contributed by atoms with van der Waals surface area (Å²) in [6, 6.07) is -0.877. The molecule has 17 atom stereocenters. The van der Waals surface area contributed by atoms with Crippen LogP contribution in [0, 0.1) is 0 Å². The number of aliphatic hydroxyl groups is 11. The first-order chi connectivity index (χ1) is 34.3. The largest absolute Gasteiger partial charge is 0.394 e. The zero-order chi connectivity index (χ0) is 52.0. The Morgan fingerprint density at radius 2 is 0.803 bits per heavy atom. The first-order valence-electron chi connectivity index (χ1n) is 27.8. The van der Waals surface area contributed by atoms with Crippen LogP contribution in [0.3, 0.4) is 0 Å². The van der Waals surface area contributed by atoms with Gasteiger partial charge in [0.15, 0.2) is 18.9 Å². The van der Waals surface area contributed by atoms with Crippen LogP contribution >= 0.6 is 0 Å². The molecule has 0 spiro atoms. The van der Waals surface area contributed by atoms with Gasteiger partial charge in [0.25, 0.3) is 0 Å². The van der Waals surface area contributed by atoms with Crippen molar-refractivity contribution < 1.29 is 89.4 Å². The van der Waals surface area contributed by atoms with E-state index in [1.807, 2.05) is 0 Å². The molecule has 3 rings (SSSR count). The standard InChI is InChI=1S/C52H99NO18/c1-3-5-7-9-11-13-14-15-16-17-18-19-20-21-22-24-26-28-30-40(58)53-35(36(57)29-27-25-23-12-10-8-6-4-2)34-66-50-46(64)43(61)48(38(32-55)68-50)71-52-47(65)44(62)49(39(33-56)69-52)70-51-45(63)42(60)41(59)37(31-54)67-51/h35-39,41-52,54-57,59-65H,3-34H2,1-2H3,(H,53,58). The number of nitrogens with one attached hydrogen (secondary N) is 1.